The highest BCUT2D eigenvalue weighted by Crippen LogP contribution is 2.41. The lowest BCUT2D eigenvalue weighted by Crippen LogP contribution is -2.09. The summed E-state index contributed by atoms with van der Waals surface area (Å²) >= 11 is 11.2. The van der Waals surface area contributed by atoms with Gasteiger partial charge in [-0.25, -0.2) is 4.68 Å². The summed E-state index contributed by atoms with van der Waals surface area (Å²) in [5.41, 5.74) is -0.945. The molecule has 0 spiro atoms. The van der Waals surface area contributed by atoms with Crippen molar-refractivity contribution in [2.24, 2.45) is 0 Å². The highest BCUT2D eigenvalue weighted by atomic mass is 35.5. The molecule has 19 heavy (non-hydrogen) atoms. The molecule has 2 aromatic rings. The quantitative estimate of drug-likeness (QED) is 0.927. The van der Waals surface area contributed by atoms with Crippen molar-refractivity contribution >= 4 is 23.2 Å². The fourth-order valence-corrected chi connectivity index (χ4v) is 2.14. The Morgan fingerprint density at radius 1 is 1.26 bits per heavy atom. The molecule has 102 valence electrons. The molecule has 0 saturated heterocycles. The lowest BCUT2D eigenvalue weighted by molar-refractivity contribution is -0.137. The zero-order valence-electron chi connectivity index (χ0n) is 9.12. The lowest BCUT2D eigenvalue weighted by Gasteiger charge is -2.13. The van der Waals surface area contributed by atoms with Crippen LogP contribution in [0.25, 0.3) is 5.69 Å². The molecule has 0 aliphatic carbocycles. The van der Waals surface area contributed by atoms with Gasteiger partial charge in [0.25, 0.3) is 0 Å². The van der Waals surface area contributed by atoms with Crippen molar-refractivity contribution < 1.29 is 18.3 Å². The first-order valence-corrected chi connectivity index (χ1v) is 5.68. The van der Waals surface area contributed by atoms with Crippen molar-refractivity contribution in [1.82, 2.24) is 15.0 Å². The predicted octanol–water partition coefficient (Wildman–Crippen LogP) is 3.09. The van der Waals surface area contributed by atoms with E-state index < -0.39 is 21.8 Å². The molecule has 1 aromatic carbocycles. The second-order valence-corrected chi connectivity index (χ2v) is 4.35. The van der Waals surface area contributed by atoms with Gasteiger partial charge < -0.3 is 5.11 Å². The number of alkyl halides is 3. The summed E-state index contributed by atoms with van der Waals surface area (Å²) in [7, 11) is 0. The van der Waals surface area contributed by atoms with Gasteiger partial charge >= 0.3 is 6.18 Å². The zero-order valence-corrected chi connectivity index (χ0v) is 10.6. The maximum atomic E-state index is 12.8. The molecule has 4 nitrogen and oxygen atoms in total. The molecular weight excluding hydrogens is 306 g/mol. The van der Waals surface area contributed by atoms with Crippen molar-refractivity contribution in [2.75, 3.05) is 0 Å². The first-order chi connectivity index (χ1) is 8.84. The molecule has 0 radical (unpaired) electrons. The number of nitrogens with zero attached hydrogens (tertiary/aromatic N) is 3. The van der Waals surface area contributed by atoms with Crippen LogP contribution in [0.3, 0.4) is 0 Å². The summed E-state index contributed by atoms with van der Waals surface area (Å²) in [6.45, 7) is -0.378. The van der Waals surface area contributed by atoms with Crippen LogP contribution in [0.5, 0.6) is 0 Å². The van der Waals surface area contributed by atoms with Gasteiger partial charge in [0, 0.05) is 0 Å². The summed E-state index contributed by atoms with van der Waals surface area (Å²) in [5.74, 6) is 0. The third-order valence-corrected chi connectivity index (χ3v) is 3.00. The Labute approximate surface area is 115 Å². The van der Waals surface area contributed by atoms with Gasteiger partial charge in [-0.3, -0.25) is 0 Å². The molecule has 0 bridgehead atoms. The SMILES string of the molecule is OCc1cn(-c2ccc(Cl)c(C(F)(F)F)c2Cl)nn1. The summed E-state index contributed by atoms with van der Waals surface area (Å²) in [6.07, 6.45) is -3.40. The van der Waals surface area contributed by atoms with E-state index in [1.54, 1.807) is 0 Å². The summed E-state index contributed by atoms with van der Waals surface area (Å²) in [6, 6.07) is 2.36. The maximum absolute atomic E-state index is 12.8. The summed E-state index contributed by atoms with van der Waals surface area (Å²) in [5, 5.41) is 14.9. The van der Waals surface area contributed by atoms with E-state index in [-0.39, 0.29) is 18.0 Å². The van der Waals surface area contributed by atoms with Gasteiger partial charge in [-0.2, -0.15) is 13.2 Å². The van der Waals surface area contributed by atoms with Gasteiger partial charge in [0.1, 0.15) is 5.69 Å². The predicted molar refractivity (Wildman–Crippen MR) is 62.3 cm³/mol. The Bertz CT molecular complexity index is 613. The minimum atomic E-state index is -4.68. The molecule has 1 N–H and O–H groups in total. The number of benzene rings is 1. The van der Waals surface area contributed by atoms with Crippen LogP contribution in [-0.4, -0.2) is 20.1 Å². The Hall–Kier alpha value is -1.31. The minimum absolute atomic E-state index is 0.0226. The third kappa shape index (κ3) is 2.68. The normalized spacial score (nSPS) is 11.9. The molecule has 0 aliphatic rings. The van der Waals surface area contributed by atoms with E-state index in [0.29, 0.717) is 0 Å². The van der Waals surface area contributed by atoms with Crippen molar-refractivity contribution in [3.63, 3.8) is 0 Å². The molecule has 0 fully saturated rings. The highest BCUT2D eigenvalue weighted by Gasteiger charge is 2.37. The number of aliphatic hydroxyl groups excluding tert-OH is 1. The van der Waals surface area contributed by atoms with Crippen LogP contribution in [0.15, 0.2) is 18.3 Å². The molecule has 1 heterocycles. The van der Waals surface area contributed by atoms with Crippen molar-refractivity contribution in [3.8, 4) is 5.69 Å². The average Bonchev–Trinajstić information content (AvgIpc) is 2.75. The number of hydrogen-bond donors (Lipinski definition) is 1. The molecule has 9 heteroatoms. The van der Waals surface area contributed by atoms with Crippen LogP contribution in [-0.2, 0) is 12.8 Å². The lowest BCUT2D eigenvalue weighted by atomic mass is 10.2. The minimum Gasteiger partial charge on any atom is -0.390 e. The highest BCUT2D eigenvalue weighted by molar-refractivity contribution is 6.37. The first kappa shape index (κ1) is 14.1. The molecular formula is C10H6Cl2F3N3O. The third-order valence-electron chi connectivity index (χ3n) is 2.30. The molecule has 0 unspecified atom stereocenters. The van der Waals surface area contributed by atoms with Crippen LogP contribution < -0.4 is 0 Å². The van der Waals surface area contributed by atoms with Crippen LogP contribution in [0.1, 0.15) is 11.3 Å². The van der Waals surface area contributed by atoms with Crippen molar-refractivity contribution in [3.05, 3.63) is 39.6 Å². The fraction of sp³-hybridized carbons (Fsp3) is 0.200. The van der Waals surface area contributed by atoms with E-state index in [1.807, 2.05) is 0 Å². The molecule has 1 aromatic heterocycles. The average molecular weight is 312 g/mol. The van der Waals surface area contributed by atoms with E-state index >= 15 is 0 Å². The molecule has 0 amide bonds. The smallest absolute Gasteiger partial charge is 0.390 e. The van der Waals surface area contributed by atoms with Crippen LogP contribution in [0, 0.1) is 0 Å². The standard InChI is InChI=1S/C10H6Cl2F3N3O/c11-6-1-2-7(9(12)8(6)10(13,14)15)18-3-5(4-19)16-17-18/h1-3,19H,4H2. The Balaban J connectivity index is 2.60. The molecule has 0 atom stereocenters. The summed E-state index contributed by atoms with van der Waals surface area (Å²) < 4.78 is 39.5. The second kappa shape index (κ2) is 4.99. The van der Waals surface area contributed by atoms with E-state index in [4.69, 9.17) is 28.3 Å². The van der Waals surface area contributed by atoms with Gasteiger partial charge in [0.2, 0.25) is 0 Å². The zero-order chi connectivity index (χ0) is 14.2. The number of rotatable bonds is 2. The number of aromatic nitrogens is 3. The Morgan fingerprint density at radius 2 is 1.95 bits per heavy atom. The second-order valence-electron chi connectivity index (χ2n) is 3.57. The Morgan fingerprint density at radius 3 is 2.47 bits per heavy atom. The summed E-state index contributed by atoms with van der Waals surface area (Å²) in [4.78, 5) is 0. The van der Waals surface area contributed by atoms with Gasteiger partial charge in [-0.1, -0.05) is 28.4 Å². The topological polar surface area (TPSA) is 50.9 Å². The number of halogens is 5. The van der Waals surface area contributed by atoms with Crippen LogP contribution >= 0.6 is 23.2 Å². The van der Waals surface area contributed by atoms with Crippen LogP contribution in [0.4, 0.5) is 13.2 Å². The molecule has 2 rings (SSSR count). The van der Waals surface area contributed by atoms with Gasteiger partial charge in [-0.05, 0) is 12.1 Å². The van der Waals surface area contributed by atoms with Crippen LogP contribution in [0.2, 0.25) is 10.0 Å². The Kier molecular flexibility index (Phi) is 3.71. The fourth-order valence-electron chi connectivity index (χ4n) is 1.47. The number of hydrogen-bond acceptors (Lipinski definition) is 3. The van der Waals surface area contributed by atoms with Gasteiger partial charge in [-0.15, -0.1) is 5.10 Å². The monoisotopic (exact) mass is 311 g/mol. The van der Waals surface area contributed by atoms with Crippen molar-refractivity contribution in [2.45, 2.75) is 12.8 Å². The van der Waals surface area contributed by atoms with E-state index in [9.17, 15) is 13.2 Å². The number of aliphatic hydroxyl groups is 1. The van der Waals surface area contributed by atoms with E-state index in [2.05, 4.69) is 10.3 Å². The largest absolute Gasteiger partial charge is 0.419 e. The van der Waals surface area contributed by atoms with Gasteiger partial charge in [0.15, 0.2) is 0 Å². The van der Waals surface area contributed by atoms with E-state index in [1.165, 1.54) is 12.3 Å². The van der Waals surface area contributed by atoms with Gasteiger partial charge in [0.05, 0.1) is 34.1 Å². The first-order valence-electron chi connectivity index (χ1n) is 4.92. The maximum Gasteiger partial charge on any atom is 0.419 e. The molecule has 0 saturated carbocycles. The van der Waals surface area contributed by atoms with E-state index in [0.717, 1.165) is 10.7 Å². The van der Waals surface area contributed by atoms with Crippen molar-refractivity contribution in [1.29, 1.82) is 0 Å². The molecule has 0 aliphatic heterocycles.